The van der Waals surface area contributed by atoms with Crippen molar-refractivity contribution in [1.82, 2.24) is 4.57 Å². The van der Waals surface area contributed by atoms with Gasteiger partial charge in [0.25, 0.3) is 5.91 Å². The predicted octanol–water partition coefficient (Wildman–Crippen LogP) is 4.64. The SMILES string of the molecule is CCn1c(C)cc(C(=O)COc2ccccc2C(=O)Nc2ccccc2)c1C. The van der Waals surface area contributed by atoms with Gasteiger partial charge in [0, 0.05) is 29.2 Å². The number of aromatic nitrogens is 1. The minimum atomic E-state index is -0.279. The van der Waals surface area contributed by atoms with Crippen molar-refractivity contribution in [3.05, 3.63) is 83.2 Å². The highest BCUT2D eigenvalue weighted by Crippen LogP contribution is 2.21. The van der Waals surface area contributed by atoms with Gasteiger partial charge in [-0.3, -0.25) is 9.59 Å². The molecule has 0 aliphatic heterocycles. The van der Waals surface area contributed by atoms with Crippen LogP contribution in [0.4, 0.5) is 5.69 Å². The molecule has 1 heterocycles. The normalized spacial score (nSPS) is 10.5. The molecule has 5 nitrogen and oxygen atoms in total. The van der Waals surface area contributed by atoms with Crippen molar-refractivity contribution in [1.29, 1.82) is 0 Å². The van der Waals surface area contributed by atoms with Crippen LogP contribution in [0, 0.1) is 13.8 Å². The first kappa shape index (κ1) is 19.4. The Labute approximate surface area is 165 Å². The van der Waals surface area contributed by atoms with E-state index in [9.17, 15) is 9.59 Å². The molecule has 0 spiro atoms. The first-order chi connectivity index (χ1) is 13.5. The summed E-state index contributed by atoms with van der Waals surface area (Å²) in [7, 11) is 0. The molecule has 2 aromatic carbocycles. The van der Waals surface area contributed by atoms with E-state index in [0.29, 0.717) is 22.6 Å². The first-order valence-corrected chi connectivity index (χ1v) is 9.29. The monoisotopic (exact) mass is 376 g/mol. The lowest BCUT2D eigenvalue weighted by molar-refractivity contribution is 0.0913. The molecule has 3 aromatic rings. The summed E-state index contributed by atoms with van der Waals surface area (Å²) in [5, 5.41) is 2.84. The molecule has 0 aliphatic carbocycles. The molecular weight excluding hydrogens is 352 g/mol. The summed E-state index contributed by atoms with van der Waals surface area (Å²) in [5.41, 5.74) is 3.73. The van der Waals surface area contributed by atoms with Gasteiger partial charge in [-0.05, 0) is 51.1 Å². The summed E-state index contributed by atoms with van der Waals surface area (Å²) in [6, 6.07) is 18.0. The van der Waals surface area contributed by atoms with Gasteiger partial charge in [-0.25, -0.2) is 0 Å². The van der Waals surface area contributed by atoms with Crippen LogP contribution in [0.5, 0.6) is 5.75 Å². The van der Waals surface area contributed by atoms with E-state index in [1.54, 1.807) is 24.3 Å². The molecule has 0 unspecified atom stereocenters. The molecule has 28 heavy (non-hydrogen) atoms. The largest absolute Gasteiger partial charge is 0.485 e. The van der Waals surface area contributed by atoms with E-state index >= 15 is 0 Å². The minimum absolute atomic E-state index is 0.105. The molecule has 3 rings (SSSR count). The maximum atomic E-state index is 12.7. The van der Waals surface area contributed by atoms with Crippen LogP contribution >= 0.6 is 0 Å². The molecule has 0 bridgehead atoms. The number of anilines is 1. The lowest BCUT2D eigenvalue weighted by Crippen LogP contribution is -2.17. The molecule has 5 heteroatoms. The zero-order valence-corrected chi connectivity index (χ0v) is 16.4. The van der Waals surface area contributed by atoms with Crippen LogP contribution in [0.25, 0.3) is 0 Å². The van der Waals surface area contributed by atoms with Gasteiger partial charge >= 0.3 is 0 Å². The summed E-state index contributed by atoms with van der Waals surface area (Å²) in [6.07, 6.45) is 0. The van der Waals surface area contributed by atoms with Crippen LogP contribution < -0.4 is 10.1 Å². The number of rotatable bonds is 7. The molecule has 1 N–H and O–H groups in total. The number of Topliss-reactive ketones (excluding diaryl/α,β-unsaturated/α-hetero) is 1. The smallest absolute Gasteiger partial charge is 0.259 e. The third kappa shape index (κ3) is 4.14. The van der Waals surface area contributed by atoms with E-state index in [1.807, 2.05) is 57.2 Å². The number of hydrogen-bond acceptors (Lipinski definition) is 3. The van der Waals surface area contributed by atoms with Gasteiger partial charge in [-0.2, -0.15) is 0 Å². The maximum Gasteiger partial charge on any atom is 0.259 e. The Morgan fingerprint density at radius 3 is 2.32 bits per heavy atom. The van der Waals surface area contributed by atoms with Crippen LogP contribution in [0.2, 0.25) is 0 Å². The minimum Gasteiger partial charge on any atom is -0.485 e. The summed E-state index contributed by atoms with van der Waals surface area (Å²) in [6.45, 7) is 6.66. The number of nitrogens with one attached hydrogen (secondary N) is 1. The van der Waals surface area contributed by atoms with Gasteiger partial charge in [-0.15, -0.1) is 0 Å². The molecule has 144 valence electrons. The summed E-state index contributed by atoms with van der Waals surface area (Å²) in [5.74, 6) is -0.00180. The fraction of sp³-hybridized carbons (Fsp3) is 0.217. The van der Waals surface area contributed by atoms with Gasteiger partial charge in [0.2, 0.25) is 5.78 Å². The Morgan fingerprint density at radius 2 is 1.64 bits per heavy atom. The second kappa shape index (κ2) is 8.57. The molecule has 1 amide bonds. The van der Waals surface area contributed by atoms with E-state index in [0.717, 1.165) is 17.9 Å². The van der Waals surface area contributed by atoms with Gasteiger partial charge in [0.15, 0.2) is 6.61 Å². The molecular formula is C23H24N2O3. The first-order valence-electron chi connectivity index (χ1n) is 9.29. The highest BCUT2D eigenvalue weighted by Gasteiger charge is 2.17. The van der Waals surface area contributed by atoms with Gasteiger partial charge in [-0.1, -0.05) is 30.3 Å². The Balaban J connectivity index is 1.73. The fourth-order valence-electron chi connectivity index (χ4n) is 3.29. The third-order valence-electron chi connectivity index (χ3n) is 4.71. The average Bonchev–Trinajstić information content (AvgIpc) is 3.00. The Kier molecular flexibility index (Phi) is 5.94. The van der Waals surface area contributed by atoms with Crippen molar-refractivity contribution >= 4 is 17.4 Å². The number of ketones is 1. The summed E-state index contributed by atoms with van der Waals surface area (Å²) in [4.78, 5) is 25.3. The van der Waals surface area contributed by atoms with Crippen LogP contribution in [0.3, 0.4) is 0 Å². The molecule has 1 aromatic heterocycles. The van der Waals surface area contributed by atoms with Crippen molar-refractivity contribution in [2.24, 2.45) is 0 Å². The van der Waals surface area contributed by atoms with E-state index in [4.69, 9.17) is 4.74 Å². The standard InChI is InChI=1S/C23H24N2O3/c1-4-25-16(2)14-20(17(25)3)21(26)15-28-22-13-9-8-12-19(22)23(27)24-18-10-6-5-7-11-18/h5-14H,4,15H2,1-3H3,(H,24,27). The van der Waals surface area contributed by atoms with Crippen molar-refractivity contribution in [3.63, 3.8) is 0 Å². The van der Waals surface area contributed by atoms with E-state index in [2.05, 4.69) is 9.88 Å². The zero-order chi connectivity index (χ0) is 20.1. The van der Waals surface area contributed by atoms with Crippen molar-refractivity contribution in [3.8, 4) is 5.75 Å². The lowest BCUT2D eigenvalue weighted by Gasteiger charge is -2.11. The number of benzene rings is 2. The predicted molar refractivity (Wildman–Crippen MR) is 110 cm³/mol. The van der Waals surface area contributed by atoms with Gasteiger partial charge in [0.05, 0.1) is 5.56 Å². The second-order valence-electron chi connectivity index (χ2n) is 6.56. The highest BCUT2D eigenvalue weighted by atomic mass is 16.5. The zero-order valence-electron chi connectivity index (χ0n) is 16.4. The topological polar surface area (TPSA) is 60.3 Å². The molecule has 0 fully saturated rings. The second-order valence-corrected chi connectivity index (χ2v) is 6.56. The van der Waals surface area contributed by atoms with Crippen molar-refractivity contribution < 1.29 is 14.3 Å². The molecule has 0 atom stereocenters. The van der Waals surface area contributed by atoms with Crippen molar-refractivity contribution in [2.75, 3.05) is 11.9 Å². The van der Waals surface area contributed by atoms with Crippen LogP contribution in [0.1, 0.15) is 39.0 Å². The molecule has 0 radical (unpaired) electrons. The van der Waals surface area contributed by atoms with E-state index in [1.165, 1.54) is 0 Å². The number of carbonyl (C=O) groups is 2. The Hall–Kier alpha value is -3.34. The van der Waals surface area contributed by atoms with Crippen LogP contribution in [0.15, 0.2) is 60.7 Å². The van der Waals surface area contributed by atoms with Crippen molar-refractivity contribution in [2.45, 2.75) is 27.3 Å². The van der Waals surface area contributed by atoms with Crippen LogP contribution in [-0.2, 0) is 6.54 Å². The maximum absolute atomic E-state index is 12.7. The Bertz CT molecular complexity index is 990. The number of amides is 1. The average molecular weight is 376 g/mol. The Morgan fingerprint density at radius 1 is 0.964 bits per heavy atom. The number of ether oxygens (including phenoxy) is 1. The number of para-hydroxylation sites is 2. The third-order valence-corrected chi connectivity index (χ3v) is 4.71. The fourth-order valence-corrected chi connectivity index (χ4v) is 3.29. The van der Waals surface area contributed by atoms with E-state index in [-0.39, 0.29) is 18.3 Å². The quantitative estimate of drug-likeness (QED) is 0.611. The molecule has 0 saturated heterocycles. The summed E-state index contributed by atoms with van der Waals surface area (Å²) >= 11 is 0. The van der Waals surface area contributed by atoms with Crippen LogP contribution in [-0.4, -0.2) is 22.9 Å². The number of hydrogen-bond donors (Lipinski definition) is 1. The van der Waals surface area contributed by atoms with Gasteiger partial charge in [0.1, 0.15) is 5.75 Å². The number of carbonyl (C=O) groups excluding carboxylic acids is 2. The summed E-state index contributed by atoms with van der Waals surface area (Å²) < 4.78 is 7.82. The molecule has 0 saturated carbocycles. The lowest BCUT2D eigenvalue weighted by atomic mass is 10.1. The van der Waals surface area contributed by atoms with Gasteiger partial charge < -0.3 is 14.6 Å². The number of nitrogens with zero attached hydrogens (tertiary/aromatic N) is 1. The highest BCUT2D eigenvalue weighted by molar-refractivity contribution is 6.06. The van der Waals surface area contributed by atoms with E-state index < -0.39 is 0 Å². The molecule has 0 aliphatic rings. The number of aryl methyl sites for hydroxylation is 1.